The number of halogens is 1. The standard InChI is InChI=1S/C20H22ClN3O5S/c1-24-20(27)15(12-22-24)19(26)14-8-6-13(7-9-16(25)29-2)18(17(14)21)23-30(28)10-4-3-5-11-30/h6-9,12,27H,3-5,10-11H2,1-2H3/b9-7+. The summed E-state index contributed by atoms with van der Waals surface area (Å²) in [6.07, 6.45) is 6.50. The van der Waals surface area contributed by atoms with Crippen molar-refractivity contribution in [3.8, 4) is 5.88 Å². The van der Waals surface area contributed by atoms with Gasteiger partial charge >= 0.3 is 5.97 Å². The maximum Gasteiger partial charge on any atom is 0.330 e. The summed E-state index contributed by atoms with van der Waals surface area (Å²) in [7, 11) is 0.228. The summed E-state index contributed by atoms with van der Waals surface area (Å²) >= 11 is 6.55. The Morgan fingerprint density at radius 3 is 2.57 bits per heavy atom. The minimum Gasteiger partial charge on any atom is -0.493 e. The Bertz CT molecular complexity index is 1130. The van der Waals surface area contributed by atoms with Gasteiger partial charge < -0.3 is 9.84 Å². The molecule has 1 aliphatic heterocycles. The first-order valence-electron chi connectivity index (χ1n) is 9.32. The number of carbonyl (C=O) groups is 2. The van der Waals surface area contributed by atoms with Crippen LogP contribution in [0.1, 0.15) is 40.7 Å². The Morgan fingerprint density at radius 1 is 1.27 bits per heavy atom. The van der Waals surface area contributed by atoms with E-state index in [4.69, 9.17) is 11.6 Å². The van der Waals surface area contributed by atoms with Crippen molar-refractivity contribution in [1.82, 2.24) is 9.78 Å². The predicted octanol–water partition coefficient (Wildman–Crippen LogP) is 3.48. The van der Waals surface area contributed by atoms with Gasteiger partial charge in [0.15, 0.2) is 0 Å². The zero-order chi connectivity index (χ0) is 21.9. The summed E-state index contributed by atoms with van der Waals surface area (Å²) < 4.78 is 23.5. The normalized spacial score (nSPS) is 15.8. The number of hydrogen-bond acceptors (Lipinski definition) is 7. The topological polar surface area (TPSA) is 111 Å². The van der Waals surface area contributed by atoms with Crippen molar-refractivity contribution in [3.63, 3.8) is 0 Å². The van der Waals surface area contributed by atoms with E-state index in [1.54, 1.807) is 6.07 Å². The molecule has 3 rings (SSSR count). The Morgan fingerprint density at radius 2 is 1.97 bits per heavy atom. The molecule has 1 N–H and O–H groups in total. The fourth-order valence-electron chi connectivity index (χ4n) is 3.14. The molecular formula is C20H22ClN3O5S. The van der Waals surface area contributed by atoms with Crippen LogP contribution in [0.2, 0.25) is 5.02 Å². The smallest absolute Gasteiger partial charge is 0.330 e. The number of carbonyl (C=O) groups excluding carboxylic acids is 2. The first kappa shape index (κ1) is 22.0. The molecule has 30 heavy (non-hydrogen) atoms. The number of nitrogens with zero attached hydrogens (tertiary/aromatic N) is 3. The van der Waals surface area contributed by atoms with Crippen molar-refractivity contribution in [3.05, 3.63) is 46.1 Å². The molecular weight excluding hydrogens is 430 g/mol. The van der Waals surface area contributed by atoms with Gasteiger partial charge in [-0.1, -0.05) is 24.1 Å². The summed E-state index contributed by atoms with van der Waals surface area (Å²) in [6, 6.07) is 3.04. The highest BCUT2D eigenvalue weighted by Gasteiger charge is 2.24. The number of hydrogen-bond donors (Lipinski definition) is 1. The molecule has 0 amide bonds. The third kappa shape index (κ3) is 4.57. The van der Waals surface area contributed by atoms with E-state index in [1.807, 2.05) is 0 Å². The first-order chi connectivity index (χ1) is 14.3. The molecule has 1 aromatic heterocycles. The van der Waals surface area contributed by atoms with Crippen LogP contribution in [0, 0.1) is 0 Å². The number of ketones is 1. The van der Waals surface area contributed by atoms with Crippen LogP contribution in [0.4, 0.5) is 5.69 Å². The van der Waals surface area contributed by atoms with Crippen molar-refractivity contribution in [2.45, 2.75) is 19.3 Å². The fourth-order valence-corrected chi connectivity index (χ4v) is 5.71. The number of aromatic nitrogens is 2. The molecule has 0 atom stereocenters. The van der Waals surface area contributed by atoms with Crippen LogP contribution in [0.5, 0.6) is 5.88 Å². The monoisotopic (exact) mass is 451 g/mol. The Hall–Kier alpha value is -2.65. The second kappa shape index (κ2) is 9.01. The molecule has 2 aromatic rings. The number of rotatable bonds is 5. The largest absolute Gasteiger partial charge is 0.493 e. The third-order valence-corrected chi connectivity index (χ3v) is 7.58. The van der Waals surface area contributed by atoms with E-state index in [9.17, 15) is 18.9 Å². The maximum atomic E-state index is 13.2. The second-order valence-corrected chi connectivity index (χ2v) is 9.81. The van der Waals surface area contributed by atoms with Crippen LogP contribution >= 0.6 is 11.6 Å². The van der Waals surface area contributed by atoms with Crippen LogP contribution in [-0.4, -0.2) is 49.5 Å². The minimum absolute atomic E-state index is 0.00330. The zero-order valence-electron chi connectivity index (χ0n) is 16.6. The first-order valence-corrected chi connectivity index (χ1v) is 11.6. The molecule has 2 heterocycles. The van der Waals surface area contributed by atoms with Crippen molar-refractivity contribution in [2.24, 2.45) is 11.4 Å². The van der Waals surface area contributed by atoms with Crippen molar-refractivity contribution in [2.75, 3.05) is 18.6 Å². The van der Waals surface area contributed by atoms with Crippen LogP contribution in [0.3, 0.4) is 0 Å². The average molecular weight is 452 g/mol. The van der Waals surface area contributed by atoms with E-state index in [0.29, 0.717) is 17.1 Å². The Labute approximate surface area is 179 Å². The molecule has 1 saturated heterocycles. The van der Waals surface area contributed by atoms with Gasteiger partial charge in [-0.2, -0.15) is 9.46 Å². The van der Waals surface area contributed by atoms with Crippen LogP contribution in [0.25, 0.3) is 6.08 Å². The number of esters is 1. The number of aromatic hydroxyl groups is 1. The van der Waals surface area contributed by atoms with E-state index in [-0.39, 0.29) is 27.7 Å². The number of benzene rings is 1. The third-order valence-electron chi connectivity index (χ3n) is 4.83. The maximum absolute atomic E-state index is 13.2. The van der Waals surface area contributed by atoms with E-state index in [1.165, 1.54) is 43.3 Å². The molecule has 1 aliphatic rings. The zero-order valence-corrected chi connectivity index (χ0v) is 18.2. The minimum atomic E-state index is -2.53. The molecule has 0 aliphatic carbocycles. The van der Waals surface area contributed by atoms with Gasteiger partial charge in [0, 0.05) is 35.8 Å². The molecule has 160 valence electrons. The van der Waals surface area contributed by atoms with E-state index < -0.39 is 21.5 Å². The highest BCUT2D eigenvalue weighted by molar-refractivity contribution is 7.93. The van der Waals surface area contributed by atoms with Crippen LogP contribution in [-0.2, 0) is 26.3 Å². The molecule has 1 aromatic carbocycles. The van der Waals surface area contributed by atoms with E-state index in [0.717, 1.165) is 19.3 Å². The van der Waals surface area contributed by atoms with E-state index in [2.05, 4.69) is 14.2 Å². The highest BCUT2D eigenvalue weighted by Crippen LogP contribution is 2.37. The molecule has 0 bridgehead atoms. The fraction of sp³-hybridized carbons (Fsp3) is 0.350. The van der Waals surface area contributed by atoms with E-state index >= 15 is 0 Å². The predicted molar refractivity (Wildman–Crippen MR) is 115 cm³/mol. The lowest BCUT2D eigenvalue weighted by Crippen LogP contribution is -2.16. The summed E-state index contributed by atoms with van der Waals surface area (Å²) in [5.74, 6) is -0.498. The molecule has 0 unspecified atom stereocenters. The van der Waals surface area contributed by atoms with Gasteiger partial charge in [0.25, 0.3) is 0 Å². The number of methoxy groups -OCH3 is 1. The van der Waals surface area contributed by atoms with Gasteiger partial charge in [-0.15, -0.1) is 0 Å². The molecule has 8 nitrogen and oxygen atoms in total. The Kier molecular flexibility index (Phi) is 6.62. The van der Waals surface area contributed by atoms with Crippen LogP contribution < -0.4 is 0 Å². The summed E-state index contributed by atoms with van der Waals surface area (Å²) in [5.41, 5.74) is 0.696. The van der Waals surface area contributed by atoms with Gasteiger partial charge in [-0.05, 0) is 25.0 Å². The highest BCUT2D eigenvalue weighted by atomic mass is 35.5. The van der Waals surface area contributed by atoms with Gasteiger partial charge in [0.2, 0.25) is 11.7 Å². The Balaban J connectivity index is 2.16. The SMILES string of the molecule is COC(=O)/C=C/c1ccc(C(=O)c2cnn(C)c2O)c(Cl)c1N=S1(=O)CCCCC1. The molecule has 1 fully saturated rings. The lowest BCUT2D eigenvalue weighted by atomic mass is 10.0. The lowest BCUT2D eigenvalue weighted by Gasteiger charge is -2.17. The summed E-state index contributed by atoms with van der Waals surface area (Å²) in [6.45, 7) is 0. The van der Waals surface area contributed by atoms with Gasteiger partial charge in [-0.25, -0.2) is 13.7 Å². The quantitative estimate of drug-likeness (QED) is 0.423. The van der Waals surface area contributed by atoms with Crippen molar-refractivity contribution >= 4 is 44.8 Å². The number of aryl methyl sites for hydroxylation is 1. The average Bonchev–Trinajstić information content (AvgIpc) is 3.06. The van der Waals surface area contributed by atoms with Gasteiger partial charge in [0.05, 0.1) is 33.7 Å². The summed E-state index contributed by atoms with van der Waals surface area (Å²) in [4.78, 5) is 24.5. The lowest BCUT2D eigenvalue weighted by molar-refractivity contribution is -0.134. The van der Waals surface area contributed by atoms with Crippen LogP contribution in [0.15, 0.2) is 28.8 Å². The van der Waals surface area contributed by atoms with Crippen molar-refractivity contribution in [1.29, 1.82) is 0 Å². The molecule has 10 heteroatoms. The second-order valence-electron chi connectivity index (χ2n) is 6.89. The molecule has 0 radical (unpaired) electrons. The molecule has 0 spiro atoms. The van der Waals surface area contributed by atoms with Crippen molar-refractivity contribution < 1.29 is 23.6 Å². The number of ether oxygens (including phenoxy) is 1. The molecule has 0 saturated carbocycles. The van der Waals surface area contributed by atoms with Gasteiger partial charge in [-0.3, -0.25) is 4.79 Å². The summed E-state index contributed by atoms with van der Waals surface area (Å²) in [5, 5.41) is 13.9. The van der Waals surface area contributed by atoms with Gasteiger partial charge in [0.1, 0.15) is 5.56 Å².